The molecule has 2 aromatic rings. The van der Waals surface area contributed by atoms with Crippen LogP contribution in [0.2, 0.25) is 0 Å². The van der Waals surface area contributed by atoms with E-state index in [9.17, 15) is 5.11 Å². The van der Waals surface area contributed by atoms with Crippen molar-refractivity contribution in [3.05, 3.63) is 59.7 Å². The number of hydrogen-bond donors (Lipinski definition) is 1. The van der Waals surface area contributed by atoms with Gasteiger partial charge in [0.15, 0.2) is 5.79 Å². The molecule has 2 aromatic carbocycles. The lowest BCUT2D eigenvalue weighted by atomic mass is 9.89. The standard InChI is InChI=1S/C18H20O2/c1-14-9-10-16(15-7-3-2-4-8-15)17(13-14)18(19)11-5-6-12-20-18/h2-4,7-10,13,19H,5-6,11-12H2,1H3. The van der Waals surface area contributed by atoms with E-state index in [1.165, 1.54) is 0 Å². The third kappa shape index (κ3) is 2.49. The number of aryl methyl sites for hydroxylation is 1. The molecule has 0 aromatic heterocycles. The molecule has 1 heterocycles. The maximum absolute atomic E-state index is 10.9. The lowest BCUT2D eigenvalue weighted by Crippen LogP contribution is -2.33. The van der Waals surface area contributed by atoms with Crippen molar-refractivity contribution < 1.29 is 9.84 Å². The second-order valence-corrected chi connectivity index (χ2v) is 5.51. The first-order chi connectivity index (χ1) is 9.69. The van der Waals surface area contributed by atoms with Crippen LogP contribution in [0.1, 0.15) is 30.4 Å². The molecule has 1 saturated heterocycles. The van der Waals surface area contributed by atoms with Crippen molar-refractivity contribution in [2.75, 3.05) is 6.61 Å². The number of ether oxygens (including phenoxy) is 1. The Labute approximate surface area is 120 Å². The summed E-state index contributed by atoms with van der Waals surface area (Å²) < 4.78 is 5.72. The summed E-state index contributed by atoms with van der Waals surface area (Å²) in [4.78, 5) is 0. The van der Waals surface area contributed by atoms with Gasteiger partial charge in [0.25, 0.3) is 0 Å². The van der Waals surface area contributed by atoms with E-state index in [1.807, 2.05) is 31.2 Å². The summed E-state index contributed by atoms with van der Waals surface area (Å²) in [6.45, 7) is 2.67. The van der Waals surface area contributed by atoms with Crippen molar-refractivity contribution in [1.29, 1.82) is 0 Å². The molecule has 3 rings (SSSR count). The van der Waals surface area contributed by atoms with Crippen molar-refractivity contribution >= 4 is 0 Å². The highest BCUT2D eigenvalue weighted by Gasteiger charge is 2.34. The topological polar surface area (TPSA) is 29.5 Å². The van der Waals surface area contributed by atoms with E-state index in [4.69, 9.17) is 4.74 Å². The molecular weight excluding hydrogens is 248 g/mol. The number of benzene rings is 2. The Morgan fingerprint density at radius 2 is 1.85 bits per heavy atom. The van der Waals surface area contributed by atoms with Gasteiger partial charge in [0.1, 0.15) is 0 Å². The summed E-state index contributed by atoms with van der Waals surface area (Å²) in [6.07, 6.45) is 2.68. The predicted octanol–water partition coefficient (Wildman–Crippen LogP) is 4.01. The van der Waals surface area contributed by atoms with Gasteiger partial charge < -0.3 is 9.84 Å². The van der Waals surface area contributed by atoms with Crippen molar-refractivity contribution in [1.82, 2.24) is 0 Å². The van der Waals surface area contributed by atoms with Crippen LogP contribution < -0.4 is 0 Å². The molecule has 2 nitrogen and oxygen atoms in total. The first-order valence-electron chi connectivity index (χ1n) is 7.22. The minimum atomic E-state index is -1.14. The zero-order chi connectivity index (χ0) is 14.0. The molecule has 1 N–H and O–H groups in total. The van der Waals surface area contributed by atoms with Crippen LogP contribution in [0.15, 0.2) is 48.5 Å². The van der Waals surface area contributed by atoms with E-state index in [0.717, 1.165) is 35.1 Å². The van der Waals surface area contributed by atoms with E-state index in [2.05, 4.69) is 24.3 Å². The molecule has 0 aliphatic carbocycles. The van der Waals surface area contributed by atoms with Gasteiger partial charge in [-0.3, -0.25) is 0 Å². The lowest BCUT2D eigenvalue weighted by Gasteiger charge is -2.34. The Kier molecular flexibility index (Phi) is 3.60. The smallest absolute Gasteiger partial charge is 0.192 e. The van der Waals surface area contributed by atoms with Gasteiger partial charge in [-0.15, -0.1) is 0 Å². The molecule has 0 spiro atoms. The number of hydrogen-bond acceptors (Lipinski definition) is 2. The van der Waals surface area contributed by atoms with Gasteiger partial charge in [-0.2, -0.15) is 0 Å². The van der Waals surface area contributed by atoms with Crippen LogP contribution in [0.4, 0.5) is 0 Å². The number of rotatable bonds is 2. The first kappa shape index (κ1) is 13.3. The van der Waals surface area contributed by atoms with Gasteiger partial charge >= 0.3 is 0 Å². The van der Waals surface area contributed by atoms with Crippen molar-refractivity contribution in [3.8, 4) is 11.1 Å². The maximum Gasteiger partial charge on any atom is 0.192 e. The molecular formula is C18H20O2. The third-order valence-corrected chi connectivity index (χ3v) is 3.93. The second kappa shape index (κ2) is 5.39. The predicted molar refractivity (Wildman–Crippen MR) is 80.3 cm³/mol. The quantitative estimate of drug-likeness (QED) is 0.891. The molecule has 0 bridgehead atoms. The molecule has 1 atom stereocenters. The zero-order valence-corrected chi connectivity index (χ0v) is 11.8. The second-order valence-electron chi connectivity index (χ2n) is 5.51. The zero-order valence-electron chi connectivity index (χ0n) is 11.8. The maximum atomic E-state index is 10.9. The summed E-state index contributed by atoms with van der Waals surface area (Å²) in [6, 6.07) is 16.4. The largest absolute Gasteiger partial charge is 0.362 e. The van der Waals surface area contributed by atoms with Crippen LogP contribution in [0.5, 0.6) is 0 Å². The van der Waals surface area contributed by atoms with Gasteiger partial charge in [-0.1, -0.05) is 54.1 Å². The van der Waals surface area contributed by atoms with Crippen LogP contribution in [0.25, 0.3) is 11.1 Å². The van der Waals surface area contributed by atoms with E-state index in [-0.39, 0.29) is 0 Å². The van der Waals surface area contributed by atoms with Crippen LogP contribution in [0.3, 0.4) is 0 Å². The highest BCUT2D eigenvalue weighted by molar-refractivity contribution is 5.68. The fraction of sp³-hybridized carbons (Fsp3) is 0.333. The molecule has 1 fully saturated rings. The average Bonchev–Trinajstić information content (AvgIpc) is 2.49. The SMILES string of the molecule is Cc1ccc(-c2ccccc2)c(C2(O)CCCCO2)c1. The molecule has 2 heteroatoms. The molecule has 0 saturated carbocycles. The monoisotopic (exact) mass is 268 g/mol. The van der Waals surface area contributed by atoms with E-state index < -0.39 is 5.79 Å². The average molecular weight is 268 g/mol. The van der Waals surface area contributed by atoms with Crippen molar-refractivity contribution in [2.24, 2.45) is 0 Å². The van der Waals surface area contributed by atoms with Gasteiger partial charge in [0, 0.05) is 12.0 Å². The summed E-state index contributed by atoms with van der Waals surface area (Å²) in [7, 11) is 0. The van der Waals surface area contributed by atoms with Crippen molar-refractivity contribution in [3.63, 3.8) is 0 Å². The molecule has 1 aliphatic rings. The highest BCUT2D eigenvalue weighted by Crippen LogP contribution is 2.38. The molecule has 1 unspecified atom stereocenters. The van der Waals surface area contributed by atoms with E-state index >= 15 is 0 Å². The Hall–Kier alpha value is -1.64. The summed E-state index contributed by atoms with van der Waals surface area (Å²) in [5.41, 5.74) is 4.20. The van der Waals surface area contributed by atoms with E-state index in [0.29, 0.717) is 13.0 Å². The normalized spacial score (nSPS) is 22.7. The third-order valence-electron chi connectivity index (χ3n) is 3.93. The fourth-order valence-electron chi connectivity index (χ4n) is 2.84. The summed E-state index contributed by atoms with van der Waals surface area (Å²) >= 11 is 0. The molecule has 0 amide bonds. The van der Waals surface area contributed by atoms with Crippen LogP contribution in [-0.2, 0) is 10.5 Å². The van der Waals surface area contributed by atoms with Gasteiger partial charge in [0.2, 0.25) is 0 Å². The minimum absolute atomic E-state index is 0.624. The molecule has 0 radical (unpaired) electrons. The number of aliphatic hydroxyl groups is 1. The van der Waals surface area contributed by atoms with E-state index in [1.54, 1.807) is 0 Å². The van der Waals surface area contributed by atoms with Gasteiger partial charge in [-0.05, 0) is 30.9 Å². The van der Waals surface area contributed by atoms with Gasteiger partial charge in [0.05, 0.1) is 6.61 Å². The van der Waals surface area contributed by atoms with Crippen LogP contribution in [0, 0.1) is 6.92 Å². The Morgan fingerprint density at radius 1 is 1.05 bits per heavy atom. The Morgan fingerprint density at radius 3 is 2.55 bits per heavy atom. The fourth-order valence-corrected chi connectivity index (χ4v) is 2.84. The van der Waals surface area contributed by atoms with Gasteiger partial charge in [-0.25, -0.2) is 0 Å². The summed E-state index contributed by atoms with van der Waals surface area (Å²) in [5.74, 6) is -1.14. The van der Waals surface area contributed by atoms with Crippen LogP contribution >= 0.6 is 0 Å². The summed E-state index contributed by atoms with van der Waals surface area (Å²) in [5, 5.41) is 10.9. The van der Waals surface area contributed by atoms with Crippen LogP contribution in [-0.4, -0.2) is 11.7 Å². The van der Waals surface area contributed by atoms with Crippen molar-refractivity contribution in [2.45, 2.75) is 32.0 Å². The lowest BCUT2D eigenvalue weighted by molar-refractivity contribution is -0.233. The molecule has 1 aliphatic heterocycles. The Bertz CT molecular complexity index is 584. The Balaban J connectivity index is 2.11. The highest BCUT2D eigenvalue weighted by atomic mass is 16.6. The molecule has 20 heavy (non-hydrogen) atoms. The minimum Gasteiger partial charge on any atom is -0.362 e. The first-order valence-corrected chi connectivity index (χ1v) is 7.22. The molecule has 104 valence electrons.